The van der Waals surface area contributed by atoms with Crippen LogP contribution < -0.4 is 0 Å². The van der Waals surface area contributed by atoms with Gasteiger partial charge in [-0.05, 0) is 40.2 Å². The van der Waals surface area contributed by atoms with Crippen LogP contribution in [-0.2, 0) is 0 Å². The number of hydrogen-bond acceptors (Lipinski definition) is 3. The summed E-state index contributed by atoms with van der Waals surface area (Å²) in [6, 6.07) is 14.3. The third-order valence-electron chi connectivity index (χ3n) is 2.48. The van der Waals surface area contributed by atoms with Crippen molar-refractivity contribution in [2.45, 2.75) is 9.79 Å². The van der Waals surface area contributed by atoms with Crippen LogP contribution in [0.2, 0.25) is 0 Å². The van der Waals surface area contributed by atoms with Crippen LogP contribution >= 0.6 is 27.7 Å². The molecule has 3 aromatic rings. The van der Waals surface area contributed by atoms with Crippen LogP contribution in [0.15, 0.2) is 69.1 Å². The predicted molar refractivity (Wildman–Crippen MR) is 77.8 cm³/mol. The van der Waals surface area contributed by atoms with Gasteiger partial charge in [-0.25, -0.2) is 0 Å². The molecule has 0 atom stereocenters. The molecular weight excluding hydrogens is 308 g/mol. The fraction of sp³-hybridized carbons (Fsp3) is 0. The first kappa shape index (κ1) is 11.7. The maximum absolute atomic E-state index is 4.45. The lowest BCUT2D eigenvalue weighted by atomic mass is 10.3. The van der Waals surface area contributed by atoms with Crippen LogP contribution in [0.3, 0.4) is 0 Å². The van der Waals surface area contributed by atoms with Gasteiger partial charge in [-0.2, -0.15) is 0 Å². The zero-order valence-electron chi connectivity index (χ0n) is 9.38. The molecule has 4 heteroatoms. The zero-order chi connectivity index (χ0) is 12.4. The lowest BCUT2D eigenvalue weighted by molar-refractivity contribution is 1.26. The van der Waals surface area contributed by atoms with Gasteiger partial charge in [0.2, 0.25) is 0 Å². The van der Waals surface area contributed by atoms with Crippen LogP contribution in [0.4, 0.5) is 0 Å². The summed E-state index contributed by atoms with van der Waals surface area (Å²) in [4.78, 5) is 11.1. The van der Waals surface area contributed by atoms with E-state index in [0.717, 1.165) is 20.4 Å². The second-order valence-corrected chi connectivity index (χ2v) is 5.78. The van der Waals surface area contributed by atoms with E-state index < -0.39 is 0 Å². The highest BCUT2D eigenvalue weighted by Gasteiger charge is 2.05. The normalized spacial score (nSPS) is 10.7. The van der Waals surface area contributed by atoms with Crippen molar-refractivity contribution in [2.75, 3.05) is 0 Å². The molecule has 88 valence electrons. The number of halogens is 1. The second-order valence-electron chi connectivity index (χ2n) is 3.75. The summed E-state index contributed by atoms with van der Waals surface area (Å²) in [6.07, 6.45) is 3.63. The van der Waals surface area contributed by atoms with E-state index in [2.05, 4.69) is 38.0 Å². The SMILES string of the molecule is Brc1cnc2c(Sc3ccccc3)ccnc2c1. The summed E-state index contributed by atoms with van der Waals surface area (Å²) >= 11 is 5.12. The van der Waals surface area contributed by atoms with E-state index in [0.29, 0.717) is 0 Å². The Morgan fingerprint density at radius 1 is 1.00 bits per heavy atom. The Morgan fingerprint density at radius 2 is 1.83 bits per heavy atom. The van der Waals surface area contributed by atoms with E-state index in [1.54, 1.807) is 18.0 Å². The van der Waals surface area contributed by atoms with E-state index in [9.17, 15) is 0 Å². The van der Waals surface area contributed by atoms with Crippen molar-refractivity contribution in [3.8, 4) is 0 Å². The summed E-state index contributed by atoms with van der Waals surface area (Å²) < 4.78 is 0.948. The standard InChI is InChI=1S/C14H9BrN2S/c15-10-8-12-14(17-9-10)13(6-7-16-12)18-11-4-2-1-3-5-11/h1-9H. The summed E-state index contributed by atoms with van der Waals surface area (Å²) in [5.74, 6) is 0. The largest absolute Gasteiger partial charge is 0.254 e. The Hall–Kier alpha value is -1.39. The van der Waals surface area contributed by atoms with E-state index in [-0.39, 0.29) is 0 Å². The minimum atomic E-state index is 0.908. The van der Waals surface area contributed by atoms with E-state index in [1.165, 1.54) is 4.90 Å². The minimum absolute atomic E-state index is 0.908. The van der Waals surface area contributed by atoms with Gasteiger partial charge in [-0.1, -0.05) is 30.0 Å². The number of aromatic nitrogens is 2. The molecule has 3 rings (SSSR count). The summed E-state index contributed by atoms with van der Waals surface area (Å²) in [6.45, 7) is 0. The molecule has 0 N–H and O–H groups in total. The average molecular weight is 317 g/mol. The lowest BCUT2D eigenvalue weighted by Gasteiger charge is -2.05. The van der Waals surface area contributed by atoms with Crippen molar-refractivity contribution in [1.29, 1.82) is 0 Å². The first-order chi connectivity index (χ1) is 8.83. The number of rotatable bonds is 2. The van der Waals surface area contributed by atoms with Gasteiger partial charge in [-0.15, -0.1) is 0 Å². The minimum Gasteiger partial charge on any atom is -0.254 e. The van der Waals surface area contributed by atoms with E-state index in [1.807, 2.05) is 36.5 Å². The van der Waals surface area contributed by atoms with Gasteiger partial charge in [0.15, 0.2) is 0 Å². The van der Waals surface area contributed by atoms with Crippen LogP contribution in [0, 0.1) is 0 Å². The lowest BCUT2D eigenvalue weighted by Crippen LogP contribution is -1.85. The molecule has 1 aromatic carbocycles. The molecule has 2 aromatic heterocycles. The van der Waals surface area contributed by atoms with E-state index >= 15 is 0 Å². The Kier molecular flexibility index (Phi) is 3.30. The van der Waals surface area contributed by atoms with E-state index in [4.69, 9.17) is 0 Å². The molecule has 0 saturated heterocycles. The summed E-state index contributed by atoms with van der Waals surface area (Å²) in [5.41, 5.74) is 1.85. The number of fused-ring (bicyclic) bond motifs is 1. The molecule has 18 heavy (non-hydrogen) atoms. The quantitative estimate of drug-likeness (QED) is 0.694. The monoisotopic (exact) mass is 316 g/mol. The van der Waals surface area contributed by atoms with Crippen LogP contribution in [0.1, 0.15) is 0 Å². The average Bonchev–Trinajstić information content (AvgIpc) is 2.40. The summed E-state index contributed by atoms with van der Waals surface area (Å²) in [5, 5.41) is 0. The van der Waals surface area contributed by atoms with Crippen LogP contribution in [0.25, 0.3) is 11.0 Å². The maximum atomic E-state index is 4.45. The van der Waals surface area contributed by atoms with Gasteiger partial charge in [0.1, 0.15) is 5.52 Å². The van der Waals surface area contributed by atoms with Crippen LogP contribution in [-0.4, -0.2) is 9.97 Å². The topological polar surface area (TPSA) is 25.8 Å². The van der Waals surface area contributed by atoms with Crippen molar-refractivity contribution in [3.05, 3.63) is 59.3 Å². The molecule has 0 aliphatic carbocycles. The maximum Gasteiger partial charge on any atom is 0.103 e. The molecular formula is C14H9BrN2S. The van der Waals surface area contributed by atoms with Gasteiger partial charge in [0.25, 0.3) is 0 Å². The Balaban J connectivity index is 2.07. The van der Waals surface area contributed by atoms with Gasteiger partial charge in [-0.3, -0.25) is 9.97 Å². The van der Waals surface area contributed by atoms with Gasteiger partial charge in [0, 0.05) is 26.7 Å². The molecule has 2 heterocycles. The molecule has 0 aliphatic rings. The molecule has 0 spiro atoms. The fourth-order valence-corrected chi connectivity index (χ4v) is 2.93. The Bertz CT molecular complexity index is 686. The molecule has 0 radical (unpaired) electrons. The number of nitrogens with zero attached hydrogens (tertiary/aromatic N) is 2. The van der Waals surface area contributed by atoms with Gasteiger partial charge >= 0.3 is 0 Å². The highest BCUT2D eigenvalue weighted by Crippen LogP contribution is 2.31. The van der Waals surface area contributed by atoms with Crippen LogP contribution in [0.5, 0.6) is 0 Å². The van der Waals surface area contributed by atoms with Crippen molar-refractivity contribution in [1.82, 2.24) is 9.97 Å². The summed E-state index contributed by atoms with van der Waals surface area (Å²) in [7, 11) is 0. The second kappa shape index (κ2) is 5.08. The highest BCUT2D eigenvalue weighted by atomic mass is 79.9. The van der Waals surface area contributed by atoms with Gasteiger partial charge in [0.05, 0.1) is 5.52 Å². The third-order valence-corrected chi connectivity index (χ3v) is 3.97. The Morgan fingerprint density at radius 3 is 2.67 bits per heavy atom. The first-order valence-electron chi connectivity index (χ1n) is 5.46. The van der Waals surface area contributed by atoms with Crippen molar-refractivity contribution in [3.63, 3.8) is 0 Å². The Labute approximate surface area is 118 Å². The molecule has 0 saturated carbocycles. The number of benzene rings is 1. The zero-order valence-corrected chi connectivity index (χ0v) is 11.8. The smallest absolute Gasteiger partial charge is 0.103 e. The first-order valence-corrected chi connectivity index (χ1v) is 7.07. The van der Waals surface area contributed by atoms with Crippen molar-refractivity contribution < 1.29 is 0 Å². The molecule has 0 fully saturated rings. The number of hydrogen-bond donors (Lipinski definition) is 0. The fourth-order valence-electron chi connectivity index (χ4n) is 1.68. The molecule has 0 bridgehead atoms. The highest BCUT2D eigenvalue weighted by molar-refractivity contribution is 9.10. The van der Waals surface area contributed by atoms with Crippen molar-refractivity contribution in [2.24, 2.45) is 0 Å². The molecule has 2 nitrogen and oxygen atoms in total. The molecule has 0 amide bonds. The number of pyridine rings is 2. The molecule has 0 aliphatic heterocycles. The molecule has 0 unspecified atom stereocenters. The van der Waals surface area contributed by atoms with Crippen molar-refractivity contribution >= 4 is 38.7 Å². The third kappa shape index (κ3) is 2.40. The predicted octanol–water partition coefficient (Wildman–Crippen LogP) is 4.54. The van der Waals surface area contributed by atoms with Gasteiger partial charge < -0.3 is 0 Å².